The van der Waals surface area contributed by atoms with E-state index in [1.165, 1.54) is 0 Å². The number of carbonyl (C=O) groups excluding carboxylic acids is 1. The van der Waals surface area contributed by atoms with E-state index in [1.807, 2.05) is 18.2 Å². The van der Waals surface area contributed by atoms with E-state index >= 15 is 0 Å². The van der Waals surface area contributed by atoms with Gasteiger partial charge in [-0.25, -0.2) is 4.98 Å². The number of H-pyrrole nitrogens is 1. The summed E-state index contributed by atoms with van der Waals surface area (Å²) in [5, 5.41) is 6.29. The Morgan fingerprint density at radius 3 is 2.95 bits per heavy atom. The maximum Gasteiger partial charge on any atom is 0.227 e. The van der Waals surface area contributed by atoms with Crippen LogP contribution in [0.1, 0.15) is 25.6 Å². The maximum absolute atomic E-state index is 12.2. The summed E-state index contributed by atoms with van der Waals surface area (Å²) < 4.78 is 0. The van der Waals surface area contributed by atoms with Crippen LogP contribution in [0.4, 0.5) is 5.69 Å². The number of carbonyl (C=O) groups is 1. The van der Waals surface area contributed by atoms with Crippen molar-refractivity contribution in [3.05, 3.63) is 24.0 Å². The van der Waals surface area contributed by atoms with Gasteiger partial charge in [-0.1, -0.05) is 6.92 Å². The van der Waals surface area contributed by atoms with Gasteiger partial charge in [0.25, 0.3) is 0 Å². The lowest BCUT2D eigenvalue weighted by molar-refractivity contribution is -0.120. The number of aromatic amines is 1. The summed E-state index contributed by atoms with van der Waals surface area (Å²) in [6, 6.07) is 5.82. The molecule has 2 aromatic rings. The minimum atomic E-state index is 0.125. The Morgan fingerprint density at radius 1 is 1.40 bits per heavy atom. The lowest BCUT2D eigenvalue weighted by Gasteiger charge is -2.21. The maximum atomic E-state index is 12.2. The second-order valence-electron chi connectivity index (χ2n) is 5.28. The van der Waals surface area contributed by atoms with E-state index in [-0.39, 0.29) is 11.8 Å². The van der Waals surface area contributed by atoms with E-state index in [1.54, 1.807) is 0 Å². The Bertz CT molecular complexity index is 613. The molecule has 1 aliphatic rings. The van der Waals surface area contributed by atoms with Crippen molar-refractivity contribution in [3.63, 3.8) is 0 Å². The summed E-state index contributed by atoms with van der Waals surface area (Å²) in [5.74, 6) is 1.22. The predicted octanol–water partition coefficient (Wildman–Crippen LogP) is 2.06. The fraction of sp³-hybridized carbons (Fsp3) is 0.467. The number of aryl methyl sites for hydroxylation is 1. The van der Waals surface area contributed by atoms with E-state index in [9.17, 15) is 4.79 Å². The van der Waals surface area contributed by atoms with Gasteiger partial charge in [-0.3, -0.25) is 4.79 Å². The zero-order chi connectivity index (χ0) is 13.9. The smallest absolute Gasteiger partial charge is 0.227 e. The highest BCUT2D eigenvalue weighted by Gasteiger charge is 2.20. The molecule has 1 aliphatic heterocycles. The van der Waals surface area contributed by atoms with E-state index in [0.717, 1.165) is 54.9 Å². The summed E-state index contributed by atoms with van der Waals surface area (Å²) in [4.78, 5) is 19.9. The van der Waals surface area contributed by atoms with Crippen LogP contribution in [0, 0.1) is 5.92 Å². The molecule has 0 unspecified atom stereocenters. The number of benzene rings is 1. The molecule has 0 atom stereocenters. The Labute approximate surface area is 118 Å². The second-order valence-corrected chi connectivity index (χ2v) is 5.28. The highest BCUT2D eigenvalue weighted by atomic mass is 16.1. The highest BCUT2D eigenvalue weighted by molar-refractivity contribution is 5.94. The topological polar surface area (TPSA) is 69.8 Å². The minimum Gasteiger partial charge on any atom is -0.342 e. The third kappa shape index (κ3) is 2.67. The number of hydrogen-bond donors (Lipinski definition) is 3. The molecule has 0 radical (unpaired) electrons. The van der Waals surface area contributed by atoms with Crippen LogP contribution < -0.4 is 10.6 Å². The van der Waals surface area contributed by atoms with Gasteiger partial charge in [0, 0.05) is 18.0 Å². The molecule has 0 saturated carbocycles. The molecule has 0 bridgehead atoms. The molecule has 3 N–H and O–H groups in total. The van der Waals surface area contributed by atoms with Crippen LogP contribution >= 0.6 is 0 Å². The molecule has 106 valence electrons. The summed E-state index contributed by atoms with van der Waals surface area (Å²) in [7, 11) is 0. The average Bonchev–Trinajstić information content (AvgIpc) is 2.90. The van der Waals surface area contributed by atoms with Gasteiger partial charge in [-0.05, 0) is 44.1 Å². The van der Waals surface area contributed by atoms with Gasteiger partial charge in [0.15, 0.2) is 0 Å². The first-order valence-corrected chi connectivity index (χ1v) is 7.26. The molecule has 1 saturated heterocycles. The van der Waals surface area contributed by atoms with Crippen molar-refractivity contribution in [1.29, 1.82) is 0 Å². The van der Waals surface area contributed by atoms with Crippen molar-refractivity contribution >= 4 is 22.6 Å². The molecule has 1 amide bonds. The molecule has 20 heavy (non-hydrogen) atoms. The SMILES string of the molecule is CCc1nc2ccc(NC(=O)C3CCNCC3)cc2[nH]1. The molecule has 1 fully saturated rings. The highest BCUT2D eigenvalue weighted by Crippen LogP contribution is 2.20. The number of anilines is 1. The zero-order valence-corrected chi connectivity index (χ0v) is 11.7. The number of aromatic nitrogens is 2. The van der Waals surface area contributed by atoms with Crippen molar-refractivity contribution in [1.82, 2.24) is 15.3 Å². The van der Waals surface area contributed by atoms with Gasteiger partial charge >= 0.3 is 0 Å². The minimum absolute atomic E-state index is 0.125. The average molecular weight is 272 g/mol. The van der Waals surface area contributed by atoms with Crippen LogP contribution in [0.3, 0.4) is 0 Å². The molecule has 5 heteroatoms. The van der Waals surface area contributed by atoms with E-state index in [4.69, 9.17) is 0 Å². The number of piperidine rings is 1. The van der Waals surface area contributed by atoms with Crippen molar-refractivity contribution in [2.75, 3.05) is 18.4 Å². The number of nitrogens with zero attached hydrogens (tertiary/aromatic N) is 1. The Hall–Kier alpha value is -1.88. The molecule has 0 spiro atoms. The number of fused-ring (bicyclic) bond motifs is 1. The van der Waals surface area contributed by atoms with Gasteiger partial charge in [-0.2, -0.15) is 0 Å². The summed E-state index contributed by atoms with van der Waals surface area (Å²) in [5.41, 5.74) is 2.76. The molecule has 3 rings (SSSR count). The fourth-order valence-electron chi connectivity index (χ4n) is 2.64. The Balaban J connectivity index is 1.74. The zero-order valence-electron chi connectivity index (χ0n) is 11.7. The number of hydrogen-bond acceptors (Lipinski definition) is 3. The number of imidazole rings is 1. The summed E-state index contributed by atoms with van der Waals surface area (Å²) in [6.45, 7) is 3.92. The van der Waals surface area contributed by atoms with Gasteiger partial charge in [0.1, 0.15) is 5.82 Å². The predicted molar refractivity (Wildman–Crippen MR) is 79.7 cm³/mol. The molecule has 0 aliphatic carbocycles. The van der Waals surface area contributed by atoms with Crippen LogP contribution in [0.2, 0.25) is 0 Å². The first-order valence-electron chi connectivity index (χ1n) is 7.26. The molecule has 5 nitrogen and oxygen atoms in total. The molecular formula is C15H20N4O. The lowest BCUT2D eigenvalue weighted by Crippen LogP contribution is -2.34. The third-order valence-electron chi connectivity index (χ3n) is 3.84. The fourth-order valence-corrected chi connectivity index (χ4v) is 2.64. The van der Waals surface area contributed by atoms with Crippen molar-refractivity contribution < 1.29 is 4.79 Å². The first-order chi connectivity index (χ1) is 9.76. The normalized spacial score (nSPS) is 16.4. The number of rotatable bonds is 3. The molecule has 2 heterocycles. The Morgan fingerprint density at radius 2 is 2.20 bits per heavy atom. The first kappa shape index (κ1) is 13.1. The van der Waals surface area contributed by atoms with Gasteiger partial charge in [0.2, 0.25) is 5.91 Å². The summed E-state index contributed by atoms with van der Waals surface area (Å²) in [6.07, 6.45) is 2.71. The van der Waals surface area contributed by atoms with Crippen molar-refractivity contribution in [2.45, 2.75) is 26.2 Å². The molecule has 1 aromatic carbocycles. The number of nitrogens with one attached hydrogen (secondary N) is 3. The van der Waals surface area contributed by atoms with E-state index < -0.39 is 0 Å². The van der Waals surface area contributed by atoms with E-state index in [2.05, 4.69) is 27.5 Å². The lowest BCUT2D eigenvalue weighted by atomic mass is 9.97. The van der Waals surface area contributed by atoms with Crippen LogP contribution in [0.25, 0.3) is 11.0 Å². The van der Waals surface area contributed by atoms with Crippen LogP contribution in [-0.2, 0) is 11.2 Å². The van der Waals surface area contributed by atoms with Crippen LogP contribution in [-0.4, -0.2) is 29.0 Å². The standard InChI is InChI=1S/C15H20N4O/c1-2-14-18-12-4-3-11(9-13(12)19-14)17-15(20)10-5-7-16-8-6-10/h3-4,9-10,16H,2,5-8H2,1H3,(H,17,20)(H,18,19). The number of amides is 1. The van der Waals surface area contributed by atoms with Crippen LogP contribution in [0.5, 0.6) is 0 Å². The summed E-state index contributed by atoms with van der Waals surface area (Å²) >= 11 is 0. The largest absolute Gasteiger partial charge is 0.342 e. The monoisotopic (exact) mass is 272 g/mol. The van der Waals surface area contributed by atoms with Gasteiger partial charge in [0.05, 0.1) is 11.0 Å². The molecular weight excluding hydrogens is 252 g/mol. The van der Waals surface area contributed by atoms with E-state index in [0.29, 0.717) is 0 Å². The molecule has 1 aromatic heterocycles. The van der Waals surface area contributed by atoms with Crippen molar-refractivity contribution in [3.8, 4) is 0 Å². The van der Waals surface area contributed by atoms with Gasteiger partial charge in [-0.15, -0.1) is 0 Å². The van der Waals surface area contributed by atoms with Crippen LogP contribution in [0.15, 0.2) is 18.2 Å². The Kier molecular flexibility index (Phi) is 3.69. The second kappa shape index (κ2) is 5.63. The van der Waals surface area contributed by atoms with Crippen molar-refractivity contribution in [2.24, 2.45) is 5.92 Å². The third-order valence-corrected chi connectivity index (χ3v) is 3.84. The quantitative estimate of drug-likeness (QED) is 0.801. The van der Waals surface area contributed by atoms with Gasteiger partial charge < -0.3 is 15.6 Å².